The van der Waals surface area contributed by atoms with Crippen molar-refractivity contribution in [3.8, 4) is 22.7 Å². The molecule has 1 heterocycles. The van der Waals surface area contributed by atoms with E-state index in [0.29, 0.717) is 11.4 Å². The van der Waals surface area contributed by atoms with Gasteiger partial charge in [0.1, 0.15) is 5.75 Å². The number of nitrogens with zero attached hydrogens (tertiary/aromatic N) is 2. The Balaban J connectivity index is 1.83. The molecule has 5 nitrogen and oxygen atoms in total. The van der Waals surface area contributed by atoms with Crippen LogP contribution in [0.25, 0.3) is 23.0 Å². The zero-order valence-electron chi connectivity index (χ0n) is 19.2. The number of carbonyl (C=O) groups is 1. The number of aromatic nitrogens is 2. The second kappa shape index (κ2) is 9.17. The summed E-state index contributed by atoms with van der Waals surface area (Å²) in [6.07, 6.45) is 4.86. The van der Waals surface area contributed by atoms with Crippen molar-refractivity contribution < 1.29 is 9.53 Å². The number of benzene rings is 3. The monoisotopic (exact) mass is 438 g/mol. The minimum atomic E-state index is -0.406. The van der Waals surface area contributed by atoms with Gasteiger partial charge in [-0.15, -0.1) is 0 Å². The highest BCUT2D eigenvalue weighted by Crippen LogP contribution is 2.25. The summed E-state index contributed by atoms with van der Waals surface area (Å²) in [5.74, 6) is 0.332. The highest BCUT2D eigenvalue weighted by Gasteiger charge is 2.19. The van der Waals surface area contributed by atoms with Gasteiger partial charge in [0.2, 0.25) is 0 Å². The van der Waals surface area contributed by atoms with Crippen LogP contribution in [0.15, 0.2) is 83.8 Å². The number of imidazole rings is 1. The van der Waals surface area contributed by atoms with Gasteiger partial charge >= 0.3 is 5.69 Å². The van der Waals surface area contributed by atoms with Crippen LogP contribution in [-0.4, -0.2) is 22.2 Å². The van der Waals surface area contributed by atoms with Crippen molar-refractivity contribution in [2.75, 3.05) is 7.11 Å². The number of aryl methyl sites for hydroxylation is 2. The summed E-state index contributed by atoms with van der Waals surface area (Å²) in [5, 5.41) is 0. The van der Waals surface area contributed by atoms with Crippen LogP contribution in [0.5, 0.6) is 5.75 Å². The second-order valence-electron chi connectivity index (χ2n) is 8.02. The molecular weight excluding hydrogens is 412 g/mol. The highest BCUT2D eigenvalue weighted by atomic mass is 16.5. The lowest BCUT2D eigenvalue weighted by atomic mass is 9.99. The maximum atomic E-state index is 13.4. The first-order chi connectivity index (χ1) is 15.9. The Morgan fingerprint density at radius 1 is 0.909 bits per heavy atom. The van der Waals surface area contributed by atoms with Crippen molar-refractivity contribution in [1.29, 1.82) is 0 Å². The van der Waals surface area contributed by atoms with E-state index < -0.39 is 11.6 Å². The van der Waals surface area contributed by atoms with Gasteiger partial charge in [-0.05, 0) is 85.5 Å². The molecule has 4 rings (SSSR count). The van der Waals surface area contributed by atoms with Gasteiger partial charge in [0.05, 0.1) is 18.5 Å². The van der Waals surface area contributed by atoms with Crippen LogP contribution in [0.1, 0.15) is 27.0 Å². The van der Waals surface area contributed by atoms with Crippen LogP contribution >= 0.6 is 0 Å². The second-order valence-corrected chi connectivity index (χ2v) is 8.02. The summed E-state index contributed by atoms with van der Waals surface area (Å²) in [6.45, 7) is 6.14. The third-order valence-electron chi connectivity index (χ3n) is 5.90. The predicted molar refractivity (Wildman–Crippen MR) is 132 cm³/mol. The van der Waals surface area contributed by atoms with Crippen LogP contribution in [0, 0.1) is 20.8 Å². The van der Waals surface area contributed by atoms with Gasteiger partial charge in [-0.2, -0.15) is 0 Å². The molecular formula is C28H26N2O3. The lowest BCUT2D eigenvalue weighted by Gasteiger charge is -2.10. The average Bonchev–Trinajstić information content (AvgIpc) is 3.18. The topological polar surface area (TPSA) is 53.2 Å². The molecule has 4 aromatic rings. The molecule has 0 aliphatic carbocycles. The highest BCUT2D eigenvalue weighted by molar-refractivity contribution is 5.96. The van der Waals surface area contributed by atoms with Gasteiger partial charge < -0.3 is 4.74 Å². The molecule has 3 aromatic carbocycles. The molecule has 5 heteroatoms. The summed E-state index contributed by atoms with van der Waals surface area (Å²) in [4.78, 5) is 26.7. The van der Waals surface area contributed by atoms with E-state index in [9.17, 15) is 9.59 Å². The number of hydrogen-bond acceptors (Lipinski definition) is 3. The largest absolute Gasteiger partial charge is 0.497 e. The molecule has 1 aromatic heterocycles. The van der Waals surface area contributed by atoms with Gasteiger partial charge in [-0.3, -0.25) is 9.36 Å². The summed E-state index contributed by atoms with van der Waals surface area (Å²) in [5.41, 5.74) is 5.93. The summed E-state index contributed by atoms with van der Waals surface area (Å²) < 4.78 is 7.92. The number of methoxy groups -OCH3 is 1. The van der Waals surface area contributed by atoms with E-state index in [4.69, 9.17) is 4.74 Å². The molecule has 0 saturated carbocycles. The first-order valence-corrected chi connectivity index (χ1v) is 10.7. The van der Waals surface area contributed by atoms with E-state index in [2.05, 4.69) is 6.92 Å². The maximum Gasteiger partial charge on any atom is 0.340 e. The molecule has 0 atom stereocenters. The third kappa shape index (κ3) is 4.44. The molecule has 33 heavy (non-hydrogen) atoms. The van der Waals surface area contributed by atoms with E-state index in [0.717, 1.165) is 28.0 Å². The Labute approximate surface area is 193 Å². The number of carbonyl (C=O) groups excluding carboxylic acids is 1. The molecule has 0 fully saturated rings. The van der Waals surface area contributed by atoms with E-state index in [1.54, 1.807) is 19.4 Å². The zero-order valence-corrected chi connectivity index (χ0v) is 19.2. The van der Waals surface area contributed by atoms with Gasteiger partial charge in [-0.25, -0.2) is 9.36 Å². The molecule has 0 aliphatic rings. The molecule has 0 bridgehead atoms. The molecule has 0 radical (unpaired) electrons. The Hall–Kier alpha value is -4.12. The number of hydrogen-bond donors (Lipinski definition) is 0. The molecule has 0 aliphatic heterocycles. The Morgan fingerprint density at radius 3 is 2.15 bits per heavy atom. The standard InChI is InChI=1S/C28H26N2O3/c1-19-16-23(17-20(2)21(19)3)26-18-29(24-8-6-5-7-9-24)28(32)30(26)27(31)15-12-22-10-13-25(33-4)14-11-22/h5-18H,1-4H3. The maximum absolute atomic E-state index is 13.4. The Bertz CT molecular complexity index is 1370. The van der Waals surface area contributed by atoms with Crippen LogP contribution in [0.2, 0.25) is 0 Å². The fourth-order valence-corrected chi connectivity index (χ4v) is 3.78. The summed E-state index contributed by atoms with van der Waals surface area (Å²) >= 11 is 0. The first kappa shape index (κ1) is 22.1. The van der Waals surface area contributed by atoms with Crippen LogP contribution < -0.4 is 10.4 Å². The molecule has 0 saturated heterocycles. The van der Waals surface area contributed by atoms with Crippen molar-refractivity contribution in [3.63, 3.8) is 0 Å². The number of ether oxygens (including phenoxy) is 1. The number of para-hydroxylation sites is 1. The van der Waals surface area contributed by atoms with E-state index in [1.807, 2.05) is 80.6 Å². The molecule has 0 N–H and O–H groups in total. The van der Waals surface area contributed by atoms with Gasteiger partial charge in [0.15, 0.2) is 0 Å². The van der Waals surface area contributed by atoms with Crippen LogP contribution in [0.3, 0.4) is 0 Å². The third-order valence-corrected chi connectivity index (χ3v) is 5.90. The number of rotatable bonds is 5. The lowest BCUT2D eigenvalue weighted by molar-refractivity contribution is 0.0967. The fraction of sp³-hybridized carbons (Fsp3) is 0.143. The molecule has 0 amide bonds. The number of allylic oxidation sites excluding steroid dienone is 1. The van der Waals surface area contributed by atoms with Crippen LogP contribution in [0.4, 0.5) is 0 Å². The smallest absolute Gasteiger partial charge is 0.340 e. The normalized spacial score (nSPS) is 11.2. The lowest BCUT2D eigenvalue weighted by Crippen LogP contribution is -2.27. The van der Waals surface area contributed by atoms with Crippen molar-refractivity contribution in [2.45, 2.75) is 20.8 Å². The Kier molecular flexibility index (Phi) is 6.13. The van der Waals surface area contributed by atoms with Gasteiger partial charge in [-0.1, -0.05) is 30.3 Å². The van der Waals surface area contributed by atoms with Crippen molar-refractivity contribution >= 4 is 12.0 Å². The van der Waals surface area contributed by atoms with Gasteiger partial charge in [0.25, 0.3) is 5.91 Å². The van der Waals surface area contributed by atoms with Gasteiger partial charge in [0, 0.05) is 17.8 Å². The van der Waals surface area contributed by atoms with Crippen molar-refractivity contribution in [2.24, 2.45) is 0 Å². The fourth-order valence-electron chi connectivity index (χ4n) is 3.78. The van der Waals surface area contributed by atoms with Crippen molar-refractivity contribution in [1.82, 2.24) is 9.13 Å². The first-order valence-electron chi connectivity index (χ1n) is 10.7. The Morgan fingerprint density at radius 2 is 1.55 bits per heavy atom. The van der Waals surface area contributed by atoms with Crippen molar-refractivity contribution in [3.05, 3.63) is 112 Å². The van der Waals surface area contributed by atoms with E-state index in [1.165, 1.54) is 20.8 Å². The molecule has 166 valence electrons. The molecule has 0 spiro atoms. The quantitative estimate of drug-likeness (QED) is 0.382. The summed E-state index contributed by atoms with van der Waals surface area (Å²) in [7, 11) is 1.61. The SMILES string of the molecule is COc1ccc(C=CC(=O)n2c(-c3cc(C)c(C)c(C)c3)cn(-c3ccccc3)c2=O)cc1. The summed E-state index contributed by atoms with van der Waals surface area (Å²) in [6, 6.07) is 20.7. The zero-order chi connectivity index (χ0) is 23.5. The minimum absolute atomic E-state index is 0.406. The molecule has 0 unspecified atom stereocenters. The van der Waals surface area contributed by atoms with Crippen LogP contribution in [-0.2, 0) is 0 Å². The minimum Gasteiger partial charge on any atom is -0.497 e. The predicted octanol–water partition coefficient (Wildman–Crippen LogP) is 5.59. The van der Waals surface area contributed by atoms with E-state index in [-0.39, 0.29) is 0 Å². The van der Waals surface area contributed by atoms with E-state index >= 15 is 0 Å². The average molecular weight is 439 g/mol.